The number of morpholine rings is 1. The molecule has 2 saturated heterocycles. The molecule has 0 aliphatic carbocycles. The molecular formula is C25H29N3O6. The summed E-state index contributed by atoms with van der Waals surface area (Å²) in [6, 6.07) is 15.7. The molecule has 34 heavy (non-hydrogen) atoms. The van der Waals surface area contributed by atoms with Crippen LogP contribution >= 0.6 is 0 Å². The van der Waals surface area contributed by atoms with Gasteiger partial charge in [-0.1, -0.05) is 36.4 Å². The normalized spacial score (nSPS) is 17.8. The van der Waals surface area contributed by atoms with Crippen LogP contribution in [0.25, 0.3) is 0 Å². The third-order valence-electron chi connectivity index (χ3n) is 5.82. The summed E-state index contributed by atoms with van der Waals surface area (Å²) in [6.45, 7) is 2.73. The predicted octanol–water partition coefficient (Wildman–Crippen LogP) is 2.66. The number of carbonyl (C=O) groups excluding carboxylic acids is 3. The largest absolute Gasteiger partial charge is 0.484 e. The first-order valence-corrected chi connectivity index (χ1v) is 11.5. The van der Waals surface area contributed by atoms with Crippen molar-refractivity contribution in [2.75, 3.05) is 44.8 Å². The van der Waals surface area contributed by atoms with E-state index in [0.717, 1.165) is 12.0 Å². The zero-order valence-corrected chi connectivity index (χ0v) is 19.0. The summed E-state index contributed by atoms with van der Waals surface area (Å²) in [6.07, 6.45) is 0.794. The van der Waals surface area contributed by atoms with Crippen LogP contribution in [-0.4, -0.2) is 73.2 Å². The first kappa shape index (κ1) is 23.6. The van der Waals surface area contributed by atoms with Crippen LogP contribution in [-0.2, 0) is 25.7 Å². The zero-order chi connectivity index (χ0) is 23.8. The Morgan fingerprint density at radius 3 is 2.59 bits per heavy atom. The van der Waals surface area contributed by atoms with Crippen LogP contribution in [0.1, 0.15) is 18.4 Å². The summed E-state index contributed by atoms with van der Waals surface area (Å²) in [5, 5.41) is 2.85. The van der Waals surface area contributed by atoms with E-state index in [-0.39, 0.29) is 25.0 Å². The van der Waals surface area contributed by atoms with Gasteiger partial charge >= 0.3 is 6.09 Å². The smallest absolute Gasteiger partial charge is 0.410 e. The van der Waals surface area contributed by atoms with E-state index in [1.165, 1.54) is 4.90 Å². The van der Waals surface area contributed by atoms with Crippen molar-refractivity contribution >= 4 is 23.6 Å². The summed E-state index contributed by atoms with van der Waals surface area (Å²) in [5.74, 6) is 0.0917. The van der Waals surface area contributed by atoms with Crippen molar-refractivity contribution in [1.29, 1.82) is 0 Å². The monoisotopic (exact) mass is 467 g/mol. The van der Waals surface area contributed by atoms with Gasteiger partial charge in [0.2, 0.25) is 5.91 Å². The minimum atomic E-state index is -0.601. The number of amides is 3. The molecule has 2 aliphatic rings. The van der Waals surface area contributed by atoms with Gasteiger partial charge in [-0.25, -0.2) is 4.79 Å². The minimum absolute atomic E-state index is 0.0823. The fourth-order valence-corrected chi connectivity index (χ4v) is 4.00. The average molecular weight is 468 g/mol. The maximum atomic E-state index is 12.9. The van der Waals surface area contributed by atoms with Gasteiger partial charge in [-0.2, -0.15) is 0 Å². The van der Waals surface area contributed by atoms with Gasteiger partial charge < -0.3 is 24.4 Å². The van der Waals surface area contributed by atoms with Gasteiger partial charge in [0, 0.05) is 31.4 Å². The molecule has 9 heteroatoms. The van der Waals surface area contributed by atoms with Crippen molar-refractivity contribution in [2.24, 2.45) is 0 Å². The summed E-state index contributed by atoms with van der Waals surface area (Å²) < 4.78 is 16.3. The SMILES string of the molecule is O=C(Nc1cccc(OCC(=O)N2CCOCC2)c1)C1CCCN1C(=O)OCc1ccccc1. The van der Waals surface area contributed by atoms with Gasteiger partial charge in [0.25, 0.3) is 5.91 Å². The Morgan fingerprint density at radius 2 is 1.79 bits per heavy atom. The summed E-state index contributed by atoms with van der Waals surface area (Å²) in [4.78, 5) is 41.0. The van der Waals surface area contributed by atoms with Gasteiger partial charge in [-0.3, -0.25) is 14.5 Å². The second-order valence-electron chi connectivity index (χ2n) is 8.19. The first-order chi connectivity index (χ1) is 16.6. The molecule has 180 valence electrons. The van der Waals surface area contributed by atoms with E-state index in [1.54, 1.807) is 29.2 Å². The van der Waals surface area contributed by atoms with Crippen molar-refractivity contribution < 1.29 is 28.6 Å². The molecule has 2 aliphatic heterocycles. The summed E-state index contributed by atoms with van der Waals surface area (Å²) in [5.41, 5.74) is 1.42. The second-order valence-corrected chi connectivity index (χ2v) is 8.19. The fraction of sp³-hybridized carbons (Fsp3) is 0.400. The maximum Gasteiger partial charge on any atom is 0.410 e. The number of nitrogens with one attached hydrogen (secondary N) is 1. The predicted molar refractivity (Wildman–Crippen MR) is 124 cm³/mol. The van der Waals surface area contributed by atoms with Crippen LogP contribution in [0.2, 0.25) is 0 Å². The van der Waals surface area contributed by atoms with Crippen molar-refractivity contribution in [2.45, 2.75) is 25.5 Å². The molecule has 2 aromatic carbocycles. The van der Waals surface area contributed by atoms with Crippen LogP contribution in [0, 0.1) is 0 Å². The van der Waals surface area contributed by atoms with E-state index in [4.69, 9.17) is 14.2 Å². The molecule has 1 unspecified atom stereocenters. The van der Waals surface area contributed by atoms with E-state index in [2.05, 4.69) is 5.32 Å². The number of nitrogens with zero attached hydrogens (tertiary/aromatic N) is 2. The molecular weight excluding hydrogens is 438 g/mol. The number of anilines is 1. The molecule has 2 fully saturated rings. The maximum absolute atomic E-state index is 12.9. The lowest BCUT2D eigenvalue weighted by molar-refractivity contribution is -0.137. The summed E-state index contributed by atoms with van der Waals surface area (Å²) >= 11 is 0. The van der Waals surface area contributed by atoms with Crippen LogP contribution in [0.5, 0.6) is 5.75 Å². The first-order valence-electron chi connectivity index (χ1n) is 11.5. The molecule has 3 amide bonds. The lowest BCUT2D eigenvalue weighted by Gasteiger charge is -2.26. The van der Waals surface area contributed by atoms with Crippen molar-refractivity contribution in [3.05, 3.63) is 60.2 Å². The molecule has 0 aromatic heterocycles. The highest BCUT2D eigenvalue weighted by atomic mass is 16.6. The van der Waals surface area contributed by atoms with E-state index in [1.807, 2.05) is 30.3 Å². The number of rotatable bonds is 7. The third-order valence-corrected chi connectivity index (χ3v) is 5.82. The summed E-state index contributed by atoms with van der Waals surface area (Å²) in [7, 11) is 0. The Labute approximate surface area is 198 Å². The van der Waals surface area contributed by atoms with Crippen molar-refractivity contribution in [3.63, 3.8) is 0 Å². The third kappa shape index (κ3) is 6.26. The molecule has 2 heterocycles. The standard InChI is InChI=1S/C25H29N3O6/c29-23(27-12-14-32-15-13-27)18-33-21-9-4-8-20(16-21)26-24(30)22-10-5-11-28(22)25(31)34-17-19-6-2-1-3-7-19/h1-4,6-9,16,22H,5,10-15,17-18H2,(H,26,30). The molecule has 0 bridgehead atoms. The molecule has 9 nitrogen and oxygen atoms in total. The highest BCUT2D eigenvalue weighted by Crippen LogP contribution is 2.23. The number of hydrogen-bond donors (Lipinski definition) is 1. The lowest BCUT2D eigenvalue weighted by atomic mass is 10.2. The zero-order valence-electron chi connectivity index (χ0n) is 19.0. The lowest BCUT2D eigenvalue weighted by Crippen LogP contribution is -2.43. The number of benzene rings is 2. The van der Waals surface area contributed by atoms with E-state index >= 15 is 0 Å². The van der Waals surface area contributed by atoms with Crippen LogP contribution < -0.4 is 10.1 Å². The van der Waals surface area contributed by atoms with Crippen molar-refractivity contribution in [1.82, 2.24) is 9.80 Å². The molecule has 0 radical (unpaired) electrons. The Hall–Kier alpha value is -3.59. The topological polar surface area (TPSA) is 97.4 Å². The Bertz CT molecular complexity index is 993. The minimum Gasteiger partial charge on any atom is -0.484 e. The highest BCUT2D eigenvalue weighted by molar-refractivity contribution is 5.97. The van der Waals surface area contributed by atoms with Gasteiger partial charge in [-0.15, -0.1) is 0 Å². The van der Waals surface area contributed by atoms with E-state index < -0.39 is 12.1 Å². The fourth-order valence-electron chi connectivity index (χ4n) is 4.00. The molecule has 1 N–H and O–H groups in total. The molecule has 4 rings (SSSR count). The molecule has 1 atom stereocenters. The number of likely N-dealkylation sites (tertiary alicyclic amines) is 1. The number of hydrogen-bond acceptors (Lipinski definition) is 6. The second kappa shape index (κ2) is 11.5. The number of carbonyl (C=O) groups is 3. The van der Waals surface area contributed by atoms with Gasteiger partial charge in [0.1, 0.15) is 18.4 Å². The number of ether oxygens (including phenoxy) is 3. The molecule has 0 saturated carbocycles. The highest BCUT2D eigenvalue weighted by Gasteiger charge is 2.35. The van der Waals surface area contributed by atoms with Crippen LogP contribution in [0.15, 0.2) is 54.6 Å². The van der Waals surface area contributed by atoms with Gasteiger partial charge in [0.15, 0.2) is 6.61 Å². The average Bonchev–Trinajstić information content (AvgIpc) is 3.38. The Kier molecular flexibility index (Phi) is 7.98. The van der Waals surface area contributed by atoms with Gasteiger partial charge in [0.05, 0.1) is 13.2 Å². The molecule has 2 aromatic rings. The molecule has 0 spiro atoms. The van der Waals surface area contributed by atoms with Gasteiger partial charge in [-0.05, 0) is 30.5 Å². The van der Waals surface area contributed by atoms with Crippen LogP contribution in [0.3, 0.4) is 0 Å². The van der Waals surface area contributed by atoms with E-state index in [0.29, 0.717) is 50.7 Å². The van der Waals surface area contributed by atoms with E-state index in [9.17, 15) is 14.4 Å². The Morgan fingerprint density at radius 1 is 1.00 bits per heavy atom. The quantitative estimate of drug-likeness (QED) is 0.673. The van der Waals surface area contributed by atoms with Crippen LogP contribution in [0.4, 0.5) is 10.5 Å². The van der Waals surface area contributed by atoms with Crippen molar-refractivity contribution in [3.8, 4) is 5.75 Å². The Balaban J connectivity index is 1.29.